The van der Waals surface area contributed by atoms with Crippen molar-refractivity contribution in [3.63, 3.8) is 0 Å². The van der Waals surface area contributed by atoms with Gasteiger partial charge in [0.1, 0.15) is 0 Å². The standard InChI is InChI=1S/C10H16BrN3O/c1-7(11)6-14(3)10-12-8(2)5-9(13-10)15-4/h5,7H,6H2,1-4H3. The van der Waals surface area contributed by atoms with E-state index in [0.717, 1.165) is 12.2 Å². The molecule has 0 saturated carbocycles. The minimum absolute atomic E-state index is 0.401. The number of hydrogen-bond donors (Lipinski definition) is 0. The summed E-state index contributed by atoms with van der Waals surface area (Å²) in [5.74, 6) is 1.30. The molecule has 5 heteroatoms. The highest BCUT2D eigenvalue weighted by Gasteiger charge is 2.09. The van der Waals surface area contributed by atoms with E-state index >= 15 is 0 Å². The highest BCUT2D eigenvalue weighted by atomic mass is 79.9. The maximum Gasteiger partial charge on any atom is 0.228 e. The third kappa shape index (κ3) is 3.66. The average Bonchev–Trinajstić information content (AvgIpc) is 2.15. The van der Waals surface area contributed by atoms with Crippen LogP contribution in [0.4, 0.5) is 5.95 Å². The van der Waals surface area contributed by atoms with Crippen LogP contribution < -0.4 is 9.64 Å². The molecule has 0 radical (unpaired) electrons. The lowest BCUT2D eigenvalue weighted by molar-refractivity contribution is 0.396. The normalized spacial score (nSPS) is 12.3. The highest BCUT2D eigenvalue weighted by Crippen LogP contribution is 2.15. The van der Waals surface area contributed by atoms with Gasteiger partial charge in [-0.1, -0.05) is 22.9 Å². The molecule has 1 heterocycles. The number of alkyl halides is 1. The molecule has 0 amide bonds. The number of ether oxygens (including phenoxy) is 1. The molecule has 0 saturated heterocycles. The first-order valence-corrected chi connectivity index (χ1v) is 5.69. The molecule has 1 rings (SSSR count). The zero-order valence-corrected chi connectivity index (χ0v) is 11.1. The SMILES string of the molecule is COc1cc(C)nc(N(C)CC(C)Br)n1. The zero-order valence-electron chi connectivity index (χ0n) is 9.49. The van der Waals surface area contributed by atoms with E-state index in [1.54, 1.807) is 7.11 Å². The van der Waals surface area contributed by atoms with Crippen LogP contribution in [-0.4, -0.2) is 35.5 Å². The molecule has 1 aromatic heterocycles. The third-order valence-electron chi connectivity index (χ3n) is 1.89. The van der Waals surface area contributed by atoms with Crippen LogP contribution in [0.5, 0.6) is 5.88 Å². The number of halogens is 1. The van der Waals surface area contributed by atoms with E-state index in [1.165, 1.54) is 0 Å². The Hall–Kier alpha value is -0.840. The van der Waals surface area contributed by atoms with Crippen LogP contribution >= 0.6 is 15.9 Å². The predicted octanol–water partition coefficient (Wildman–Crippen LogP) is 2.01. The summed E-state index contributed by atoms with van der Waals surface area (Å²) in [6.45, 7) is 4.87. The first kappa shape index (κ1) is 12.2. The van der Waals surface area contributed by atoms with Gasteiger partial charge in [0.25, 0.3) is 0 Å². The second kappa shape index (κ2) is 5.30. The summed E-state index contributed by atoms with van der Waals surface area (Å²) in [7, 11) is 3.57. The van der Waals surface area contributed by atoms with Gasteiger partial charge in [0.15, 0.2) is 0 Å². The molecule has 84 valence electrons. The fourth-order valence-corrected chi connectivity index (χ4v) is 1.69. The third-order valence-corrected chi connectivity index (χ3v) is 2.18. The summed E-state index contributed by atoms with van der Waals surface area (Å²) in [4.78, 5) is 11.0. The van der Waals surface area contributed by atoms with E-state index in [9.17, 15) is 0 Å². The van der Waals surface area contributed by atoms with Crippen molar-refractivity contribution >= 4 is 21.9 Å². The number of aromatic nitrogens is 2. The largest absolute Gasteiger partial charge is 0.481 e. The summed E-state index contributed by atoms with van der Waals surface area (Å²) in [6, 6.07) is 1.81. The highest BCUT2D eigenvalue weighted by molar-refractivity contribution is 9.09. The summed E-state index contributed by atoms with van der Waals surface area (Å²) in [5, 5.41) is 0. The maximum atomic E-state index is 5.10. The van der Waals surface area contributed by atoms with Gasteiger partial charge in [0.2, 0.25) is 11.8 Å². The predicted molar refractivity (Wildman–Crippen MR) is 65.0 cm³/mol. The second-order valence-corrected chi connectivity index (χ2v) is 5.08. The van der Waals surface area contributed by atoms with Gasteiger partial charge in [-0.15, -0.1) is 0 Å². The Bertz CT molecular complexity index is 330. The van der Waals surface area contributed by atoms with Gasteiger partial charge in [-0.05, 0) is 6.92 Å². The Balaban J connectivity index is 2.88. The molecular weight excluding hydrogens is 258 g/mol. The van der Waals surface area contributed by atoms with Crippen molar-refractivity contribution in [2.75, 3.05) is 25.6 Å². The number of hydrogen-bond acceptors (Lipinski definition) is 4. The zero-order chi connectivity index (χ0) is 11.4. The maximum absolute atomic E-state index is 5.10. The van der Waals surface area contributed by atoms with Gasteiger partial charge < -0.3 is 9.64 Å². The number of aryl methyl sites for hydroxylation is 1. The summed E-state index contributed by atoms with van der Waals surface area (Å²) < 4.78 is 5.10. The van der Waals surface area contributed by atoms with Gasteiger partial charge in [-0.2, -0.15) is 4.98 Å². The van der Waals surface area contributed by atoms with Crippen LogP contribution in [0, 0.1) is 6.92 Å². The van der Waals surface area contributed by atoms with Crippen LogP contribution in [0.15, 0.2) is 6.07 Å². The molecule has 0 N–H and O–H groups in total. The van der Waals surface area contributed by atoms with Gasteiger partial charge in [-0.3, -0.25) is 0 Å². The molecule has 0 aliphatic heterocycles. The minimum Gasteiger partial charge on any atom is -0.481 e. The molecule has 0 bridgehead atoms. The van der Waals surface area contributed by atoms with Gasteiger partial charge in [-0.25, -0.2) is 4.98 Å². The minimum atomic E-state index is 0.401. The van der Waals surface area contributed by atoms with Crippen molar-refractivity contribution in [3.8, 4) is 5.88 Å². The van der Waals surface area contributed by atoms with Crippen molar-refractivity contribution in [2.24, 2.45) is 0 Å². The molecule has 1 atom stereocenters. The number of rotatable bonds is 4. The number of nitrogens with zero attached hydrogens (tertiary/aromatic N) is 3. The van der Waals surface area contributed by atoms with E-state index in [0.29, 0.717) is 16.7 Å². The molecule has 15 heavy (non-hydrogen) atoms. The second-order valence-electron chi connectivity index (χ2n) is 3.51. The van der Waals surface area contributed by atoms with Crippen molar-refractivity contribution in [1.29, 1.82) is 0 Å². The molecule has 0 aliphatic rings. The Morgan fingerprint density at radius 1 is 1.53 bits per heavy atom. The quantitative estimate of drug-likeness (QED) is 0.787. The van der Waals surface area contributed by atoms with Gasteiger partial charge >= 0.3 is 0 Å². The van der Waals surface area contributed by atoms with E-state index in [1.807, 2.05) is 24.9 Å². The van der Waals surface area contributed by atoms with E-state index in [-0.39, 0.29) is 0 Å². The lowest BCUT2D eigenvalue weighted by Crippen LogP contribution is -2.26. The Morgan fingerprint density at radius 2 is 2.20 bits per heavy atom. The molecule has 1 unspecified atom stereocenters. The fourth-order valence-electron chi connectivity index (χ4n) is 1.26. The Kier molecular flexibility index (Phi) is 4.32. The van der Waals surface area contributed by atoms with Crippen molar-refractivity contribution in [3.05, 3.63) is 11.8 Å². The summed E-state index contributed by atoms with van der Waals surface area (Å²) >= 11 is 3.50. The van der Waals surface area contributed by atoms with Crippen LogP contribution in [0.1, 0.15) is 12.6 Å². The van der Waals surface area contributed by atoms with Crippen LogP contribution in [0.25, 0.3) is 0 Å². The van der Waals surface area contributed by atoms with Crippen LogP contribution in [0.3, 0.4) is 0 Å². The number of methoxy groups -OCH3 is 1. The molecule has 0 fully saturated rings. The van der Waals surface area contributed by atoms with Crippen molar-refractivity contribution < 1.29 is 4.74 Å². The first-order valence-electron chi connectivity index (χ1n) is 4.78. The van der Waals surface area contributed by atoms with Crippen LogP contribution in [-0.2, 0) is 0 Å². The lowest BCUT2D eigenvalue weighted by atomic mass is 10.4. The molecule has 4 nitrogen and oxygen atoms in total. The molecule has 1 aromatic rings. The monoisotopic (exact) mass is 273 g/mol. The average molecular weight is 274 g/mol. The Morgan fingerprint density at radius 3 is 2.73 bits per heavy atom. The van der Waals surface area contributed by atoms with Crippen LogP contribution in [0.2, 0.25) is 0 Å². The fraction of sp³-hybridized carbons (Fsp3) is 0.600. The Labute approximate surface area is 98.8 Å². The molecule has 0 aliphatic carbocycles. The first-order chi connectivity index (χ1) is 7.02. The topological polar surface area (TPSA) is 38.2 Å². The lowest BCUT2D eigenvalue weighted by Gasteiger charge is -2.19. The molecular formula is C10H16BrN3O. The number of anilines is 1. The van der Waals surface area contributed by atoms with E-state index in [2.05, 4.69) is 32.8 Å². The van der Waals surface area contributed by atoms with Crippen molar-refractivity contribution in [2.45, 2.75) is 18.7 Å². The molecule has 0 spiro atoms. The van der Waals surface area contributed by atoms with E-state index < -0.39 is 0 Å². The molecule has 0 aromatic carbocycles. The smallest absolute Gasteiger partial charge is 0.228 e. The van der Waals surface area contributed by atoms with Gasteiger partial charge in [0, 0.05) is 30.2 Å². The van der Waals surface area contributed by atoms with E-state index in [4.69, 9.17) is 4.74 Å². The van der Waals surface area contributed by atoms with Gasteiger partial charge in [0.05, 0.1) is 7.11 Å². The summed E-state index contributed by atoms with van der Waals surface area (Å²) in [5.41, 5.74) is 0.908. The summed E-state index contributed by atoms with van der Waals surface area (Å²) in [6.07, 6.45) is 0. The van der Waals surface area contributed by atoms with Crippen molar-refractivity contribution in [1.82, 2.24) is 9.97 Å².